The van der Waals surface area contributed by atoms with Gasteiger partial charge in [-0.2, -0.15) is 0 Å². The second-order valence-electron chi connectivity index (χ2n) is 7.07. The van der Waals surface area contributed by atoms with E-state index in [0.29, 0.717) is 24.7 Å². The van der Waals surface area contributed by atoms with Crippen molar-refractivity contribution in [3.63, 3.8) is 0 Å². The zero-order chi connectivity index (χ0) is 20.3. The molecule has 0 bridgehead atoms. The van der Waals surface area contributed by atoms with Gasteiger partial charge in [0.05, 0.1) is 12.1 Å². The fourth-order valence-corrected chi connectivity index (χ4v) is 3.56. The highest BCUT2D eigenvalue weighted by atomic mass is 16.2. The second kappa shape index (κ2) is 7.75. The molecule has 1 N–H and O–H groups in total. The molecule has 2 aromatic carbocycles. The lowest BCUT2D eigenvalue weighted by molar-refractivity contribution is -0.116. The van der Waals surface area contributed by atoms with Crippen LogP contribution in [-0.4, -0.2) is 20.9 Å². The third-order valence-electron chi connectivity index (χ3n) is 5.07. The SMILES string of the molecule is O=C1Cc2ccc(-c3cnc(NCc4ccccc4)nc3)cc2N1c1ccccn1. The first-order valence-electron chi connectivity index (χ1n) is 9.75. The predicted octanol–water partition coefficient (Wildman–Crippen LogP) is 4.37. The molecule has 2 aromatic heterocycles. The molecule has 0 saturated heterocycles. The van der Waals surface area contributed by atoms with Crippen LogP contribution in [0.3, 0.4) is 0 Å². The molecule has 0 spiro atoms. The molecule has 5 rings (SSSR count). The van der Waals surface area contributed by atoms with Crippen molar-refractivity contribution < 1.29 is 4.79 Å². The summed E-state index contributed by atoms with van der Waals surface area (Å²) in [4.78, 5) is 27.5. The van der Waals surface area contributed by atoms with Crippen molar-refractivity contribution in [2.24, 2.45) is 0 Å². The maximum absolute atomic E-state index is 12.6. The van der Waals surface area contributed by atoms with Crippen LogP contribution in [0.4, 0.5) is 17.5 Å². The van der Waals surface area contributed by atoms with Gasteiger partial charge in [0.15, 0.2) is 0 Å². The van der Waals surface area contributed by atoms with Crippen LogP contribution in [0.1, 0.15) is 11.1 Å². The van der Waals surface area contributed by atoms with Gasteiger partial charge >= 0.3 is 0 Å². The number of aromatic nitrogens is 3. The van der Waals surface area contributed by atoms with Gasteiger partial charge in [-0.05, 0) is 34.9 Å². The Balaban J connectivity index is 1.38. The second-order valence-corrected chi connectivity index (χ2v) is 7.07. The van der Waals surface area contributed by atoms with Crippen LogP contribution in [-0.2, 0) is 17.8 Å². The van der Waals surface area contributed by atoms with Gasteiger partial charge < -0.3 is 5.32 Å². The Labute approximate surface area is 174 Å². The molecular weight excluding hydrogens is 374 g/mol. The van der Waals surface area contributed by atoms with Crippen LogP contribution >= 0.6 is 0 Å². The minimum atomic E-state index is 0.0255. The summed E-state index contributed by atoms with van der Waals surface area (Å²) in [7, 11) is 0. The number of amides is 1. The minimum absolute atomic E-state index is 0.0255. The first kappa shape index (κ1) is 18.0. The topological polar surface area (TPSA) is 71.0 Å². The number of nitrogens with one attached hydrogen (secondary N) is 1. The van der Waals surface area contributed by atoms with E-state index in [9.17, 15) is 4.79 Å². The van der Waals surface area contributed by atoms with Crippen LogP contribution in [0.25, 0.3) is 11.1 Å². The molecule has 6 heteroatoms. The summed E-state index contributed by atoms with van der Waals surface area (Å²) >= 11 is 0. The molecule has 0 unspecified atom stereocenters. The summed E-state index contributed by atoms with van der Waals surface area (Å²) in [6.45, 7) is 0.667. The fourth-order valence-electron chi connectivity index (χ4n) is 3.56. The molecular formula is C24H19N5O. The van der Waals surface area contributed by atoms with Gasteiger partial charge in [0.2, 0.25) is 11.9 Å². The van der Waals surface area contributed by atoms with E-state index < -0.39 is 0 Å². The summed E-state index contributed by atoms with van der Waals surface area (Å²) in [6, 6.07) is 21.7. The van der Waals surface area contributed by atoms with Crippen molar-refractivity contribution >= 4 is 23.4 Å². The van der Waals surface area contributed by atoms with Crippen LogP contribution in [0.2, 0.25) is 0 Å². The molecule has 0 fully saturated rings. The molecule has 0 radical (unpaired) electrons. The van der Waals surface area contributed by atoms with Gasteiger partial charge in [-0.1, -0.05) is 48.5 Å². The van der Waals surface area contributed by atoms with Crippen LogP contribution in [0.15, 0.2) is 85.3 Å². The zero-order valence-corrected chi connectivity index (χ0v) is 16.2. The number of hydrogen-bond donors (Lipinski definition) is 1. The normalized spacial score (nSPS) is 12.7. The van der Waals surface area contributed by atoms with Crippen molar-refractivity contribution in [2.75, 3.05) is 10.2 Å². The van der Waals surface area contributed by atoms with Crippen molar-refractivity contribution in [3.8, 4) is 11.1 Å². The highest BCUT2D eigenvalue weighted by molar-refractivity contribution is 6.07. The van der Waals surface area contributed by atoms with Gasteiger partial charge in [0.25, 0.3) is 0 Å². The Hall–Kier alpha value is -4.06. The maximum Gasteiger partial charge on any atom is 0.237 e. The van der Waals surface area contributed by atoms with E-state index in [0.717, 1.165) is 22.4 Å². The molecule has 1 amide bonds. The van der Waals surface area contributed by atoms with Gasteiger partial charge in [-0.25, -0.2) is 15.0 Å². The standard InChI is InChI=1S/C24H19N5O/c30-23-13-19-10-9-18(12-21(19)29(23)22-8-4-5-11-25-22)20-15-27-24(28-16-20)26-14-17-6-2-1-3-7-17/h1-12,15-16H,13-14H2,(H,26,27,28). The van der Waals surface area contributed by atoms with Crippen molar-refractivity contribution in [1.29, 1.82) is 0 Å². The first-order valence-corrected chi connectivity index (χ1v) is 9.75. The number of carbonyl (C=O) groups is 1. The number of fused-ring (bicyclic) bond motifs is 1. The number of anilines is 3. The van der Waals surface area contributed by atoms with Crippen molar-refractivity contribution in [1.82, 2.24) is 15.0 Å². The number of carbonyl (C=O) groups excluding carboxylic acids is 1. The van der Waals surface area contributed by atoms with Crippen LogP contribution < -0.4 is 10.2 Å². The Bertz CT molecular complexity index is 1180. The molecule has 146 valence electrons. The lowest BCUT2D eigenvalue weighted by Crippen LogP contribution is -2.21. The summed E-state index contributed by atoms with van der Waals surface area (Å²) in [5.41, 5.74) is 4.88. The van der Waals surface area contributed by atoms with E-state index >= 15 is 0 Å². The Kier molecular flexibility index (Phi) is 4.65. The van der Waals surface area contributed by atoms with Crippen LogP contribution in [0, 0.1) is 0 Å². The summed E-state index contributed by atoms with van der Waals surface area (Å²) in [5.74, 6) is 1.24. The lowest BCUT2D eigenvalue weighted by Gasteiger charge is -2.17. The number of hydrogen-bond acceptors (Lipinski definition) is 5. The molecule has 6 nitrogen and oxygen atoms in total. The third-order valence-corrected chi connectivity index (χ3v) is 5.07. The highest BCUT2D eigenvalue weighted by Gasteiger charge is 2.29. The highest BCUT2D eigenvalue weighted by Crippen LogP contribution is 2.37. The van der Waals surface area contributed by atoms with Gasteiger partial charge in [-0.3, -0.25) is 9.69 Å². The van der Waals surface area contributed by atoms with Crippen LogP contribution in [0.5, 0.6) is 0 Å². The number of pyridine rings is 1. The summed E-state index contributed by atoms with van der Waals surface area (Å²) in [6.07, 6.45) is 5.67. The first-order chi connectivity index (χ1) is 14.8. The number of nitrogens with zero attached hydrogens (tertiary/aromatic N) is 4. The summed E-state index contributed by atoms with van der Waals surface area (Å²) in [5, 5.41) is 3.23. The van der Waals surface area contributed by atoms with E-state index in [1.54, 1.807) is 23.5 Å². The molecule has 0 aliphatic carbocycles. The number of benzene rings is 2. The van der Waals surface area contributed by atoms with Gasteiger partial charge in [0.1, 0.15) is 5.82 Å². The molecule has 1 aliphatic rings. The van der Waals surface area contributed by atoms with Crippen molar-refractivity contribution in [2.45, 2.75) is 13.0 Å². The van der Waals surface area contributed by atoms with E-state index in [1.165, 1.54) is 5.56 Å². The third kappa shape index (κ3) is 3.51. The monoisotopic (exact) mass is 393 g/mol. The Morgan fingerprint density at radius 2 is 1.67 bits per heavy atom. The molecule has 1 aliphatic heterocycles. The molecule has 3 heterocycles. The molecule has 30 heavy (non-hydrogen) atoms. The fraction of sp³-hybridized carbons (Fsp3) is 0.0833. The van der Waals surface area contributed by atoms with Gasteiger partial charge in [-0.15, -0.1) is 0 Å². The van der Waals surface area contributed by atoms with E-state index in [2.05, 4.69) is 32.4 Å². The van der Waals surface area contributed by atoms with Gasteiger partial charge in [0, 0.05) is 30.7 Å². The maximum atomic E-state index is 12.6. The molecule has 4 aromatic rings. The van der Waals surface area contributed by atoms with E-state index in [4.69, 9.17) is 0 Å². The molecule has 0 atom stereocenters. The lowest BCUT2D eigenvalue weighted by atomic mass is 10.0. The summed E-state index contributed by atoms with van der Waals surface area (Å²) < 4.78 is 0. The predicted molar refractivity (Wildman–Crippen MR) is 116 cm³/mol. The largest absolute Gasteiger partial charge is 0.350 e. The van der Waals surface area contributed by atoms with Crippen molar-refractivity contribution in [3.05, 3.63) is 96.4 Å². The smallest absolute Gasteiger partial charge is 0.237 e. The van der Waals surface area contributed by atoms with E-state index in [-0.39, 0.29) is 5.91 Å². The average Bonchev–Trinajstić information content (AvgIpc) is 3.14. The Morgan fingerprint density at radius 3 is 2.43 bits per heavy atom. The molecule has 0 saturated carbocycles. The Morgan fingerprint density at radius 1 is 0.867 bits per heavy atom. The zero-order valence-electron chi connectivity index (χ0n) is 16.2. The average molecular weight is 393 g/mol. The quantitative estimate of drug-likeness (QED) is 0.545. The minimum Gasteiger partial charge on any atom is -0.350 e. The number of rotatable bonds is 5. The van der Waals surface area contributed by atoms with E-state index in [1.807, 2.05) is 54.6 Å².